The van der Waals surface area contributed by atoms with Gasteiger partial charge in [0.1, 0.15) is 11.3 Å². The number of rotatable bonds is 6. The lowest BCUT2D eigenvalue weighted by Gasteiger charge is -2.21. The Balaban J connectivity index is 3.10. The Morgan fingerprint density at radius 1 is 1.58 bits per heavy atom. The number of carboxylic acids is 1. The summed E-state index contributed by atoms with van der Waals surface area (Å²) in [7, 11) is 0.370. The summed E-state index contributed by atoms with van der Waals surface area (Å²) < 4.78 is 30.4. The molecule has 1 aromatic carbocycles. The van der Waals surface area contributed by atoms with E-state index in [-0.39, 0.29) is 23.3 Å². The third kappa shape index (κ3) is 3.90. The molecule has 0 saturated heterocycles. The zero-order valence-corrected chi connectivity index (χ0v) is 10.1. The van der Waals surface area contributed by atoms with E-state index in [1.54, 1.807) is 0 Å². The van der Waals surface area contributed by atoms with E-state index >= 15 is 0 Å². The van der Waals surface area contributed by atoms with Gasteiger partial charge in [-0.1, -0.05) is 6.07 Å². The molecule has 0 bridgehead atoms. The van der Waals surface area contributed by atoms with Crippen molar-refractivity contribution in [1.29, 1.82) is 0 Å². The van der Waals surface area contributed by atoms with Crippen LogP contribution in [-0.2, 0) is 11.2 Å². The van der Waals surface area contributed by atoms with Gasteiger partial charge in [-0.3, -0.25) is 4.79 Å². The maximum atomic E-state index is 12.9. The third-order valence-electron chi connectivity index (χ3n) is 2.59. The molecule has 0 unspecified atom stereocenters. The number of halogens is 2. The van der Waals surface area contributed by atoms with Crippen molar-refractivity contribution < 1.29 is 28.4 Å². The van der Waals surface area contributed by atoms with Gasteiger partial charge in [0.2, 0.25) is 0 Å². The zero-order chi connectivity index (χ0) is 14.6. The molecule has 19 heavy (non-hydrogen) atoms. The Kier molecular flexibility index (Phi) is 4.85. The molecule has 4 N–H and O–H groups in total. The lowest BCUT2D eigenvalue weighted by atomic mass is 9.91. The monoisotopic (exact) mass is 272 g/mol. The molecule has 0 saturated carbocycles. The van der Waals surface area contributed by atoms with E-state index in [0.29, 0.717) is 7.69 Å². The minimum absolute atomic E-state index is 0.0237. The Morgan fingerprint density at radius 2 is 2.21 bits per heavy atom. The van der Waals surface area contributed by atoms with Crippen LogP contribution in [0.2, 0.25) is 0 Å². The number of hydrogen-bond donors (Lipinski definition) is 3. The Hall–Kier alpha value is -1.67. The normalized spacial score (nSPS) is 14.0. The van der Waals surface area contributed by atoms with Gasteiger partial charge in [-0.2, -0.15) is 0 Å². The minimum Gasteiger partial charge on any atom is -0.537 e. The fraction of sp³-hybridized carbons (Fsp3) is 0.364. The number of carboxylic acid groups (broad SMARTS) is 1. The highest BCUT2D eigenvalue weighted by Crippen LogP contribution is 2.29. The van der Waals surface area contributed by atoms with Crippen LogP contribution in [-0.4, -0.2) is 29.3 Å². The molecule has 0 fully saturated rings. The first-order valence-corrected chi connectivity index (χ1v) is 5.33. The van der Waals surface area contributed by atoms with Crippen LogP contribution in [0.3, 0.4) is 0 Å². The summed E-state index contributed by atoms with van der Waals surface area (Å²) >= 11 is 0. The van der Waals surface area contributed by atoms with Crippen LogP contribution in [0.5, 0.6) is 5.75 Å². The number of aliphatic carboxylic acids is 1. The molecule has 0 aliphatic carbocycles. The van der Waals surface area contributed by atoms with Crippen molar-refractivity contribution in [3.63, 3.8) is 0 Å². The van der Waals surface area contributed by atoms with Gasteiger partial charge in [0, 0.05) is 12.0 Å². The van der Waals surface area contributed by atoms with Gasteiger partial charge < -0.3 is 20.5 Å². The van der Waals surface area contributed by atoms with Crippen molar-refractivity contribution >= 4 is 13.7 Å². The molecular weight excluding hydrogens is 259 g/mol. The van der Waals surface area contributed by atoms with E-state index in [1.807, 2.05) is 0 Å². The number of carbonyl (C=O) groups is 1. The number of benzene rings is 1. The predicted octanol–water partition coefficient (Wildman–Crippen LogP) is 0.874. The molecule has 103 valence electrons. The summed E-state index contributed by atoms with van der Waals surface area (Å²) in [6.07, 6.45) is -3.05. The van der Waals surface area contributed by atoms with Gasteiger partial charge in [0.15, 0.2) is 0 Å². The summed E-state index contributed by atoms with van der Waals surface area (Å²) in [5, 5.41) is 17.3. The van der Waals surface area contributed by atoms with Crippen molar-refractivity contribution in [3.05, 3.63) is 29.3 Å². The average Bonchev–Trinajstić information content (AvgIpc) is 2.30. The molecule has 0 aliphatic heterocycles. The second-order valence-electron chi connectivity index (χ2n) is 4.28. The first kappa shape index (κ1) is 15.4. The van der Waals surface area contributed by atoms with Gasteiger partial charge >= 0.3 is 13.7 Å². The number of alkyl halides is 2. The minimum atomic E-state index is -2.80. The lowest BCUT2D eigenvalue weighted by Crippen LogP contribution is -2.47. The molecule has 0 spiro atoms. The van der Waals surface area contributed by atoms with Crippen LogP contribution in [0, 0.1) is 0 Å². The average molecular weight is 272 g/mol. The van der Waals surface area contributed by atoms with E-state index in [1.165, 1.54) is 19.1 Å². The smallest absolute Gasteiger partial charge is 0.537 e. The second-order valence-corrected chi connectivity index (χ2v) is 4.28. The van der Waals surface area contributed by atoms with Crippen LogP contribution in [0.1, 0.15) is 24.5 Å². The maximum absolute atomic E-state index is 12.9. The van der Waals surface area contributed by atoms with E-state index in [9.17, 15) is 13.6 Å². The fourth-order valence-corrected chi connectivity index (χ4v) is 1.54. The Morgan fingerprint density at radius 3 is 2.68 bits per heavy atom. The van der Waals surface area contributed by atoms with Crippen molar-refractivity contribution in [1.82, 2.24) is 0 Å². The molecule has 1 radical (unpaired) electrons. The summed E-state index contributed by atoms with van der Waals surface area (Å²) in [5.41, 5.74) is 3.63. The van der Waals surface area contributed by atoms with Gasteiger partial charge in [-0.25, -0.2) is 8.78 Å². The molecular formula is C11H13BF2NO4. The van der Waals surface area contributed by atoms with Crippen LogP contribution >= 0.6 is 0 Å². The van der Waals surface area contributed by atoms with Gasteiger partial charge in [-0.15, -0.1) is 0 Å². The van der Waals surface area contributed by atoms with Gasteiger partial charge in [0.05, 0.1) is 0 Å². The van der Waals surface area contributed by atoms with E-state index < -0.39 is 17.9 Å². The lowest BCUT2D eigenvalue weighted by molar-refractivity contribution is -0.142. The summed E-state index contributed by atoms with van der Waals surface area (Å²) in [4.78, 5) is 10.9. The molecule has 1 aromatic rings. The number of nitrogens with two attached hydrogens (primary N) is 1. The van der Waals surface area contributed by atoms with Crippen molar-refractivity contribution in [2.45, 2.75) is 25.3 Å². The van der Waals surface area contributed by atoms with Crippen LogP contribution in [0.15, 0.2) is 18.2 Å². The van der Waals surface area contributed by atoms with Gasteiger partial charge in [0.25, 0.3) is 6.43 Å². The number of hydrogen-bond acceptors (Lipinski definition) is 4. The first-order valence-electron chi connectivity index (χ1n) is 5.33. The standard InChI is InChI=1S/C11H13BF2NO4/c1-11(15,10(16)17)5-6-2-3-7(19-12-18)4-8(6)9(13)14/h2-4,9,18H,5,15H2,1H3,(H,16,17)/t11-/m0/s1. The van der Waals surface area contributed by atoms with Crippen molar-refractivity contribution in [2.75, 3.05) is 0 Å². The van der Waals surface area contributed by atoms with Crippen molar-refractivity contribution in [3.8, 4) is 5.75 Å². The highest BCUT2D eigenvalue weighted by Gasteiger charge is 2.30. The maximum Gasteiger partial charge on any atom is 0.569 e. The molecule has 0 amide bonds. The SMILES string of the molecule is C[C@](N)(Cc1ccc(O[B]O)cc1C(F)F)C(=O)O. The summed E-state index contributed by atoms with van der Waals surface area (Å²) in [6.45, 7) is 1.25. The first-order chi connectivity index (χ1) is 8.77. The largest absolute Gasteiger partial charge is 0.569 e. The highest BCUT2D eigenvalue weighted by atomic mass is 19.3. The second kappa shape index (κ2) is 5.98. The van der Waals surface area contributed by atoms with Crippen LogP contribution < -0.4 is 10.4 Å². The molecule has 1 rings (SSSR count). The summed E-state index contributed by atoms with van der Waals surface area (Å²) in [6, 6.07) is 3.67. The topological polar surface area (TPSA) is 92.8 Å². The quantitative estimate of drug-likeness (QED) is 0.668. The molecule has 0 aliphatic rings. The van der Waals surface area contributed by atoms with Crippen LogP contribution in [0.25, 0.3) is 0 Å². The van der Waals surface area contributed by atoms with E-state index in [2.05, 4.69) is 4.65 Å². The molecule has 1 atom stereocenters. The van der Waals surface area contributed by atoms with E-state index in [0.717, 1.165) is 6.07 Å². The van der Waals surface area contributed by atoms with E-state index in [4.69, 9.17) is 15.9 Å². The van der Waals surface area contributed by atoms with Gasteiger partial charge in [-0.05, 0) is 24.6 Å². The summed E-state index contributed by atoms with van der Waals surface area (Å²) in [5.74, 6) is -1.26. The molecule has 8 heteroatoms. The highest BCUT2D eigenvalue weighted by molar-refractivity contribution is 6.17. The Labute approximate surface area is 109 Å². The Bertz CT molecular complexity index is 468. The molecule has 5 nitrogen and oxygen atoms in total. The molecule has 0 heterocycles. The zero-order valence-electron chi connectivity index (χ0n) is 10.1. The molecule has 0 aromatic heterocycles. The van der Waals surface area contributed by atoms with Crippen molar-refractivity contribution in [2.24, 2.45) is 5.73 Å². The predicted molar refractivity (Wildman–Crippen MR) is 63.9 cm³/mol. The third-order valence-corrected chi connectivity index (χ3v) is 2.59. The van der Waals surface area contributed by atoms with Crippen LogP contribution in [0.4, 0.5) is 8.78 Å². The fourth-order valence-electron chi connectivity index (χ4n) is 1.54.